The van der Waals surface area contributed by atoms with E-state index in [1.807, 2.05) is 25.1 Å². The summed E-state index contributed by atoms with van der Waals surface area (Å²) in [6.45, 7) is 1.85. The van der Waals surface area contributed by atoms with Crippen LogP contribution in [0, 0.1) is 5.21 Å². The molecule has 3 nitrogen and oxygen atoms in total. The Balaban J connectivity index is 1.77. The van der Waals surface area contributed by atoms with Crippen molar-refractivity contribution >= 4 is 17.5 Å². The van der Waals surface area contributed by atoms with Crippen LogP contribution in [-0.2, 0) is 12.8 Å². The van der Waals surface area contributed by atoms with Crippen molar-refractivity contribution in [3.63, 3.8) is 0 Å². The van der Waals surface area contributed by atoms with Crippen molar-refractivity contribution in [1.82, 2.24) is 0 Å². The topological polar surface area (TPSA) is 44.0 Å². The van der Waals surface area contributed by atoms with Gasteiger partial charge in [0, 0.05) is 17.7 Å². The lowest BCUT2D eigenvalue weighted by Crippen LogP contribution is -2.29. The lowest BCUT2D eigenvalue weighted by molar-refractivity contribution is -0.645. The van der Waals surface area contributed by atoms with Gasteiger partial charge in [0.25, 0.3) is 5.03 Å². The molecule has 0 radical (unpaired) electrons. The molecule has 1 aromatic carbocycles. The summed E-state index contributed by atoms with van der Waals surface area (Å²) in [6.07, 6.45) is 4.82. The van der Waals surface area contributed by atoms with E-state index in [2.05, 4.69) is 6.07 Å². The number of carbonyl (C=O) groups excluding carboxylic acids is 1. The second-order valence-electron chi connectivity index (χ2n) is 5.33. The number of fused-ring (bicyclic) bond motifs is 1. The van der Waals surface area contributed by atoms with Crippen molar-refractivity contribution in [2.45, 2.75) is 36.5 Å². The van der Waals surface area contributed by atoms with Gasteiger partial charge in [-0.25, -0.2) is 0 Å². The van der Waals surface area contributed by atoms with Crippen LogP contribution >= 0.6 is 11.8 Å². The molecule has 0 spiro atoms. The van der Waals surface area contributed by atoms with Gasteiger partial charge in [-0.05, 0) is 61.2 Å². The van der Waals surface area contributed by atoms with Gasteiger partial charge >= 0.3 is 0 Å². The Labute approximate surface area is 128 Å². The largest absolute Gasteiger partial charge is 0.618 e. The van der Waals surface area contributed by atoms with Crippen LogP contribution in [0.4, 0.5) is 0 Å². The quantitative estimate of drug-likeness (QED) is 0.377. The summed E-state index contributed by atoms with van der Waals surface area (Å²) in [5, 5.41) is 11.9. The fourth-order valence-electron chi connectivity index (χ4n) is 2.70. The summed E-state index contributed by atoms with van der Waals surface area (Å²) in [5.41, 5.74) is 3.42. The first-order valence-electron chi connectivity index (χ1n) is 7.16. The summed E-state index contributed by atoms with van der Waals surface area (Å²) in [4.78, 5) is 12.5. The van der Waals surface area contributed by atoms with Crippen LogP contribution in [0.1, 0.15) is 34.8 Å². The van der Waals surface area contributed by atoms with E-state index < -0.39 is 0 Å². The second kappa shape index (κ2) is 5.90. The Kier molecular flexibility index (Phi) is 3.97. The average molecular weight is 299 g/mol. The van der Waals surface area contributed by atoms with Crippen LogP contribution in [0.25, 0.3) is 0 Å². The Bertz CT molecular complexity index is 684. The molecule has 3 rings (SSSR count). The lowest BCUT2D eigenvalue weighted by Gasteiger charge is -2.11. The minimum atomic E-state index is -0.271. The molecule has 1 atom stereocenters. The average Bonchev–Trinajstić information content (AvgIpc) is 2.96. The minimum absolute atomic E-state index is 0.0820. The Morgan fingerprint density at radius 1 is 1.24 bits per heavy atom. The number of aryl methyl sites for hydroxylation is 2. The molecule has 0 aliphatic heterocycles. The van der Waals surface area contributed by atoms with Gasteiger partial charge in [-0.3, -0.25) is 4.79 Å². The van der Waals surface area contributed by atoms with E-state index in [0.29, 0.717) is 5.03 Å². The van der Waals surface area contributed by atoms with E-state index in [1.54, 1.807) is 12.1 Å². The molecule has 0 saturated carbocycles. The van der Waals surface area contributed by atoms with Crippen LogP contribution < -0.4 is 4.73 Å². The van der Waals surface area contributed by atoms with E-state index in [0.717, 1.165) is 23.1 Å². The lowest BCUT2D eigenvalue weighted by atomic mass is 10.0. The SMILES string of the molecule is C[C@@H](Sc1cccc[n+]1[O-])C(=O)c1ccc2c(c1)CCC2. The Hall–Kier alpha value is -1.81. The second-order valence-corrected chi connectivity index (χ2v) is 6.69. The highest BCUT2D eigenvalue weighted by molar-refractivity contribution is 8.00. The third-order valence-corrected chi connectivity index (χ3v) is 4.96. The third-order valence-electron chi connectivity index (χ3n) is 3.84. The van der Waals surface area contributed by atoms with Gasteiger partial charge < -0.3 is 5.21 Å². The molecule has 0 fully saturated rings. The van der Waals surface area contributed by atoms with Gasteiger partial charge in [-0.2, -0.15) is 4.73 Å². The van der Waals surface area contributed by atoms with Gasteiger partial charge in [-0.15, -0.1) is 0 Å². The zero-order chi connectivity index (χ0) is 14.8. The molecule has 0 bridgehead atoms. The standard InChI is InChI=1S/C17H17NO2S/c1-12(21-16-7-2-3-10-18(16)20)17(19)15-9-8-13-5-4-6-14(13)11-15/h2-3,7-12H,4-6H2,1H3/t12-/m1/s1. The van der Waals surface area contributed by atoms with Crippen molar-refractivity contribution in [1.29, 1.82) is 0 Å². The van der Waals surface area contributed by atoms with Gasteiger partial charge in [0.15, 0.2) is 12.0 Å². The molecule has 0 amide bonds. The van der Waals surface area contributed by atoms with Gasteiger partial charge in [-0.1, -0.05) is 12.1 Å². The zero-order valence-electron chi connectivity index (χ0n) is 11.9. The number of pyridine rings is 1. The monoisotopic (exact) mass is 299 g/mol. The number of thioether (sulfide) groups is 1. The van der Waals surface area contributed by atoms with E-state index in [-0.39, 0.29) is 11.0 Å². The highest BCUT2D eigenvalue weighted by Crippen LogP contribution is 2.26. The smallest absolute Gasteiger partial charge is 0.252 e. The number of carbonyl (C=O) groups is 1. The molecular formula is C17H17NO2S. The first-order valence-corrected chi connectivity index (χ1v) is 8.04. The van der Waals surface area contributed by atoms with Crippen LogP contribution in [0.5, 0.6) is 0 Å². The van der Waals surface area contributed by atoms with Gasteiger partial charge in [0.2, 0.25) is 0 Å². The Morgan fingerprint density at radius 3 is 2.86 bits per heavy atom. The minimum Gasteiger partial charge on any atom is -0.618 e. The Morgan fingerprint density at radius 2 is 2.05 bits per heavy atom. The highest BCUT2D eigenvalue weighted by atomic mass is 32.2. The summed E-state index contributed by atoms with van der Waals surface area (Å²) in [7, 11) is 0. The molecule has 1 aliphatic carbocycles. The zero-order valence-corrected chi connectivity index (χ0v) is 12.7. The number of benzene rings is 1. The van der Waals surface area contributed by atoms with Crippen LogP contribution in [-0.4, -0.2) is 11.0 Å². The van der Waals surface area contributed by atoms with Crippen molar-refractivity contribution in [3.05, 3.63) is 64.5 Å². The number of Topliss-reactive ketones (excluding diaryl/α,β-unsaturated/α-hetero) is 1. The fraction of sp³-hybridized carbons (Fsp3) is 0.294. The van der Waals surface area contributed by atoms with Crippen molar-refractivity contribution < 1.29 is 9.52 Å². The van der Waals surface area contributed by atoms with Gasteiger partial charge in [0.1, 0.15) is 0 Å². The first-order chi connectivity index (χ1) is 10.1. The van der Waals surface area contributed by atoms with E-state index >= 15 is 0 Å². The summed E-state index contributed by atoms with van der Waals surface area (Å²) in [6, 6.07) is 11.2. The van der Waals surface area contributed by atoms with E-state index in [4.69, 9.17) is 0 Å². The fourth-order valence-corrected chi connectivity index (χ4v) is 3.63. The van der Waals surface area contributed by atoms with Crippen molar-refractivity contribution in [2.75, 3.05) is 0 Å². The van der Waals surface area contributed by atoms with Gasteiger partial charge in [0.05, 0.1) is 5.25 Å². The predicted octanol–water partition coefficient (Wildman–Crippen LogP) is 3.17. The summed E-state index contributed by atoms with van der Waals surface area (Å²) >= 11 is 1.31. The maximum atomic E-state index is 12.5. The molecule has 1 heterocycles. The third kappa shape index (κ3) is 2.95. The summed E-state index contributed by atoms with van der Waals surface area (Å²) < 4.78 is 0.803. The van der Waals surface area contributed by atoms with Crippen LogP contribution in [0.15, 0.2) is 47.6 Å². The molecule has 0 saturated heterocycles. The maximum Gasteiger partial charge on any atom is 0.252 e. The maximum absolute atomic E-state index is 12.5. The van der Waals surface area contributed by atoms with Crippen molar-refractivity contribution in [2.24, 2.45) is 0 Å². The number of nitrogens with zero attached hydrogens (tertiary/aromatic N) is 1. The highest BCUT2D eigenvalue weighted by Gasteiger charge is 2.21. The molecule has 4 heteroatoms. The van der Waals surface area contributed by atoms with E-state index in [1.165, 1.54) is 35.5 Å². The van der Waals surface area contributed by atoms with Crippen LogP contribution in [0.3, 0.4) is 0 Å². The number of hydrogen-bond donors (Lipinski definition) is 0. The molecule has 21 heavy (non-hydrogen) atoms. The number of ketones is 1. The molecule has 108 valence electrons. The molecule has 2 aromatic rings. The number of aromatic nitrogens is 1. The molecule has 0 unspecified atom stereocenters. The van der Waals surface area contributed by atoms with Crippen molar-refractivity contribution in [3.8, 4) is 0 Å². The molecule has 1 aliphatic rings. The molecule has 0 N–H and O–H groups in total. The predicted molar refractivity (Wildman–Crippen MR) is 83.5 cm³/mol. The van der Waals surface area contributed by atoms with Crippen LogP contribution in [0.2, 0.25) is 0 Å². The number of hydrogen-bond acceptors (Lipinski definition) is 3. The molecular weight excluding hydrogens is 282 g/mol. The summed E-state index contributed by atoms with van der Waals surface area (Å²) in [5.74, 6) is 0.0820. The normalized spacial score (nSPS) is 14.7. The van der Waals surface area contributed by atoms with E-state index in [9.17, 15) is 10.0 Å². The molecule has 1 aromatic heterocycles. The number of rotatable bonds is 4. The first kappa shape index (κ1) is 14.1.